The maximum Gasteiger partial charge on any atom is 0.326 e. The predicted molar refractivity (Wildman–Crippen MR) is 402 cm³/mol. The molecule has 134 heavy (non-hydrogen) atoms. The summed E-state index contributed by atoms with van der Waals surface area (Å²) in [6.45, 7) is -17.4. The Morgan fingerprint density at radius 3 is 0.216 bits per heavy atom. The molecule has 33 rings (SSSR count). The van der Waals surface area contributed by atoms with E-state index in [4.69, 9.17) is 0 Å². The molecule has 0 aromatic heterocycles. The van der Waals surface area contributed by atoms with Gasteiger partial charge in [0.25, 0.3) is 0 Å². The zero-order valence-corrected chi connectivity index (χ0v) is 69.6. The van der Waals surface area contributed by atoms with Crippen molar-refractivity contribution in [1.82, 2.24) is 216 Å². The molecule has 0 saturated carbocycles. The van der Waals surface area contributed by atoms with Crippen LogP contribution in [0.1, 0.15) is 0 Å². The van der Waals surface area contributed by atoms with Crippen LogP contribution in [-0.4, -0.2) is 644 Å². The van der Waals surface area contributed by atoms with E-state index in [1.54, 1.807) is 0 Å². The smallest absolute Gasteiger partial charge is 0.305 e. The van der Waals surface area contributed by atoms with E-state index in [2.05, 4.69) is 0 Å². The first kappa shape index (κ1) is 71.7. The van der Waals surface area contributed by atoms with Crippen LogP contribution < -0.4 is 0 Å². The van der Waals surface area contributed by atoms with Crippen LogP contribution in [0.4, 0.5) is 105 Å². The van der Waals surface area contributed by atoms with Gasteiger partial charge in [0.15, 0.2) is 123 Å². The van der Waals surface area contributed by atoms with Gasteiger partial charge in [-0.15, -0.1) is 0 Å². The van der Waals surface area contributed by atoms with Gasteiger partial charge in [0, 0.05) is 26.2 Å². The normalized spacial score (nSPS) is 38.8. The van der Waals surface area contributed by atoms with Crippen LogP contribution in [0.25, 0.3) is 0 Å². The molecule has 33 saturated heterocycles. The van der Waals surface area contributed by atoms with Gasteiger partial charge in [-0.2, -0.15) is 0 Å². The van der Waals surface area contributed by atoms with Crippen LogP contribution in [0.5, 0.6) is 0 Å². The van der Waals surface area contributed by atoms with E-state index in [1.165, 1.54) is 176 Å². The lowest BCUT2D eigenvalue weighted by molar-refractivity contribution is -0.0181. The highest BCUT2D eigenvalue weighted by atomic mass is 16.3. The molecule has 33 aliphatic heterocycles. The van der Waals surface area contributed by atoms with Crippen molar-refractivity contribution in [1.29, 1.82) is 0 Å². The second-order valence-corrected chi connectivity index (χ2v) is 39.4. The minimum Gasteiger partial charge on any atom is -0.305 e. The summed E-state index contributed by atoms with van der Waals surface area (Å²) in [6.07, 6.45) is -30.4. The van der Waals surface area contributed by atoms with Crippen LogP contribution in [0.2, 0.25) is 0 Å². The highest BCUT2D eigenvalue weighted by Crippen LogP contribution is 2.56. The number of carbonyl (C=O) groups is 22. The van der Waals surface area contributed by atoms with Gasteiger partial charge in [0.05, 0.1) is 0 Å². The Morgan fingerprint density at radius 2 is 0.149 bits per heavy atom. The number of urea groups is 22. The molecule has 33 fully saturated rings. The van der Waals surface area contributed by atoms with Gasteiger partial charge in [-0.25, -0.2) is 105 Å². The Morgan fingerprint density at radius 1 is 0.0896 bits per heavy atom. The molecular formula is C68H72N44O22. The molecule has 0 N–H and O–H groups in total. The van der Waals surface area contributed by atoms with Crippen LogP contribution in [0.3, 0.4) is 0 Å². The molecular weight excluding hydrogens is 1790 g/mol. The Kier molecular flexibility index (Phi) is 11.7. The van der Waals surface area contributed by atoms with Crippen molar-refractivity contribution in [2.24, 2.45) is 0 Å². The molecule has 20 unspecified atom stereocenters. The van der Waals surface area contributed by atoms with Gasteiger partial charge >= 0.3 is 133 Å². The number of amides is 44. The minimum absolute atomic E-state index is 0.272. The number of rotatable bonds is 0. The Labute approximate surface area is 747 Å². The lowest BCUT2D eigenvalue weighted by Crippen LogP contribution is -2.63. The van der Waals surface area contributed by atoms with Crippen molar-refractivity contribution >= 4 is 133 Å². The van der Waals surface area contributed by atoms with Gasteiger partial charge in [0.1, 0.15) is 147 Å². The third kappa shape index (κ3) is 7.30. The Hall–Kier alpha value is -16.1. The lowest BCUT2D eigenvalue weighted by atomic mass is 10.3. The second-order valence-electron chi connectivity index (χ2n) is 39.4. The highest BCUT2D eigenvalue weighted by molar-refractivity contribution is 5.98. The zero-order valence-electron chi connectivity index (χ0n) is 69.6. The number of hydrogen-bond acceptors (Lipinski definition) is 22. The summed E-state index contributed by atoms with van der Waals surface area (Å²) in [7, 11) is 0. The van der Waals surface area contributed by atoms with Crippen LogP contribution in [0.15, 0.2) is 0 Å². The first-order valence-corrected chi connectivity index (χ1v) is 44.2. The predicted octanol–water partition coefficient (Wildman–Crippen LogP) is -10.0. The molecule has 0 aromatic rings. The van der Waals surface area contributed by atoms with Gasteiger partial charge in [-0.1, -0.05) is 0 Å². The third-order valence-corrected chi connectivity index (χ3v) is 34.4. The molecule has 33 aliphatic rings. The molecule has 0 spiro atoms. The van der Waals surface area contributed by atoms with Crippen LogP contribution in [0, 0.1) is 0 Å². The summed E-state index contributed by atoms with van der Waals surface area (Å²) in [5.74, 6) is 0. The van der Waals surface area contributed by atoms with Crippen molar-refractivity contribution in [2.45, 2.75) is 123 Å². The summed E-state index contributed by atoms with van der Waals surface area (Å²) in [4.78, 5) is 412. The molecule has 66 nitrogen and oxygen atoms in total. The average molecular weight is 1860 g/mol. The molecule has 0 aromatic carbocycles. The quantitative estimate of drug-likeness (QED) is 0.217. The van der Waals surface area contributed by atoms with Gasteiger partial charge < -0.3 is 19.6 Å². The molecule has 0 aliphatic carbocycles. The van der Waals surface area contributed by atoms with Gasteiger partial charge in [-0.3, -0.25) is 196 Å². The molecule has 66 heteroatoms. The lowest BCUT2D eigenvalue weighted by Gasteiger charge is -2.42. The molecule has 33 heterocycles. The SMILES string of the molecule is O=C1N2CCN1CN1C(=O)N3CN4C(=O)N5CN6C(=O)N7CN8C(=O)N9CN%10C(=O)N(C2)C2C%10N%10CN%11C(=O)N(CN%12C(=O)N(CN%13C(=O)N(CN%14C(=O)N(CN%15C(=O)N%16CN%17C(=O)N%18CN%19C(=O)N%20CN%21C(=O)N%22CN%23C(=O)N(CN2C%10=O)C2C%23N%10CN%23C(=O)N(CN%24C(=O)N(CN%25C(=O)N(CN%26C(=O)N(CN%27CCN(CN2C%10=O)C%27=O)C%15C%26%16)C%17C%25%18)C%19C%24%20)C%21C%23%22)C1C3%14)C4C5%13)C6C7%12)C8C9%11. The standard InChI is InChI=1S/C68H72N44O22/c113-47-69-1-2-70(47)6-74-28-32-82(50(74)116)12-90-36-40-98(58(90)124)20-106-44-43-105(65(106)131)19-97-39-35-89(57(97)123)11-81-31-27(73(5-69)49(81)115)77-9-79-29-33-83-13-91-37-41-99(59(91)125)21-107-45-46-108(66(107)132)22-100-42-38-92(60(100)126)14-84-34-30(76(52(84)118)8-72-4-3-71(48(72)114)7-75(29)51(83)117)80(56(122)88(34)18-96(38)64(130)104(42)26-112(46)68(134)111(45)25-103(41)63(129)95(37)17-87(33)55(79)121)10-78(28)54(120)86(32)16-94(36)62(128)102(40)24-110(44)67(133)109(43)23-101(39)61(127)93(35)15-85(31)53(77)119/h27-46H,1-26H2. The third-order valence-electron chi connectivity index (χ3n) is 34.4. The first-order chi connectivity index (χ1) is 64.6. The second kappa shape index (κ2) is 21.9. The highest BCUT2D eigenvalue weighted by Gasteiger charge is 2.80. The van der Waals surface area contributed by atoms with Crippen molar-refractivity contribution in [3.8, 4) is 0 Å². The summed E-state index contributed by atoms with van der Waals surface area (Å²) >= 11 is 0. The maximum atomic E-state index is 16.9. The first-order valence-electron chi connectivity index (χ1n) is 44.2. The molecule has 20 atom stereocenters. The molecule has 0 radical (unpaired) electrons. The average Bonchev–Trinajstić information content (AvgIpc) is 1.51. The number of hydrogen-bond donors (Lipinski definition) is 0. The Balaban J connectivity index is 0.599. The monoisotopic (exact) mass is 1860 g/mol. The van der Waals surface area contributed by atoms with Gasteiger partial charge in [0.2, 0.25) is 0 Å². The minimum atomic E-state index is -1.71. The molecule has 44 amide bonds. The van der Waals surface area contributed by atoms with E-state index in [0.29, 0.717) is 0 Å². The fourth-order valence-corrected chi connectivity index (χ4v) is 28.9. The van der Waals surface area contributed by atoms with Crippen molar-refractivity contribution in [3.63, 3.8) is 0 Å². The summed E-state index contributed by atoms with van der Waals surface area (Å²) in [5.41, 5.74) is 0. The van der Waals surface area contributed by atoms with E-state index >= 15 is 105 Å². The van der Waals surface area contributed by atoms with Crippen LogP contribution in [-0.2, 0) is 0 Å². The Bertz CT molecular complexity index is 5340. The van der Waals surface area contributed by atoms with Crippen molar-refractivity contribution in [3.05, 3.63) is 0 Å². The topological polar surface area (TPSA) is 518 Å². The summed E-state index contributed by atoms with van der Waals surface area (Å²) in [6, 6.07) is -19.7. The van der Waals surface area contributed by atoms with E-state index in [1.807, 2.05) is 0 Å². The van der Waals surface area contributed by atoms with Crippen LogP contribution >= 0.6 is 0 Å². The fraction of sp³-hybridized carbons (Fsp3) is 0.676. The summed E-state index contributed by atoms with van der Waals surface area (Å²) in [5, 5.41) is 0. The number of nitrogens with zero attached hydrogens (tertiary/aromatic N) is 44. The van der Waals surface area contributed by atoms with E-state index in [9.17, 15) is 0 Å². The number of carbonyl (C=O) groups excluding carboxylic acids is 22. The fourth-order valence-electron chi connectivity index (χ4n) is 28.9. The summed E-state index contributed by atoms with van der Waals surface area (Å²) < 4.78 is 0. The zero-order chi connectivity index (χ0) is 90.0. The molecule has 696 valence electrons. The van der Waals surface area contributed by atoms with E-state index in [0.717, 1.165) is 39.2 Å². The van der Waals surface area contributed by atoms with Crippen molar-refractivity contribution < 1.29 is 105 Å². The molecule has 24 bridgehead atoms. The van der Waals surface area contributed by atoms with E-state index < -0.39 is 403 Å². The van der Waals surface area contributed by atoms with Crippen molar-refractivity contribution in [2.75, 3.05) is 173 Å². The largest absolute Gasteiger partial charge is 0.326 e. The van der Waals surface area contributed by atoms with Gasteiger partial charge in [-0.05, 0) is 0 Å². The van der Waals surface area contributed by atoms with E-state index in [-0.39, 0.29) is 26.2 Å². The maximum absolute atomic E-state index is 16.9.